The molecule has 1 saturated carbocycles. The van der Waals surface area contributed by atoms with Gasteiger partial charge in [-0.05, 0) is 51.3 Å². The molecule has 6 nitrogen and oxygen atoms in total. The Kier molecular flexibility index (Phi) is 3.98. The molecule has 1 amide bonds. The molecule has 1 fully saturated rings. The van der Waals surface area contributed by atoms with Gasteiger partial charge in [-0.25, -0.2) is 0 Å². The van der Waals surface area contributed by atoms with Crippen LogP contribution in [0.5, 0.6) is 0 Å². The number of carbonyl (C=O) groups excluding carboxylic acids is 1. The van der Waals surface area contributed by atoms with Gasteiger partial charge in [-0.15, -0.1) is 5.10 Å². The van der Waals surface area contributed by atoms with Crippen LogP contribution in [0.15, 0.2) is 12.1 Å². The van der Waals surface area contributed by atoms with E-state index < -0.39 is 0 Å². The second kappa shape index (κ2) is 6.17. The van der Waals surface area contributed by atoms with Gasteiger partial charge in [-0.1, -0.05) is 0 Å². The third-order valence-corrected chi connectivity index (χ3v) is 5.21. The summed E-state index contributed by atoms with van der Waals surface area (Å²) < 4.78 is 2.33. The van der Waals surface area contributed by atoms with Gasteiger partial charge in [0.15, 0.2) is 0 Å². The van der Waals surface area contributed by atoms with Crippen LogP contribution in [0, 0.1) is 13.8 Å². The predicted molar refractivity (Wildman–Crippen MR) is 96.8 cm³/mol. The first kappa shape index (κ1) is 16.1. The van der Waals surface area contributed by atoms with E-state index in [9.17, 15) is 4.79 Å². The smallest absolute Gasteiger partial charge is 0.255 e. The van der Waals surface area contributed by atoms with Crippen molar-refractivity contribution in [1.29, 1.82) is 0 Å². The van der Waals surface area contributed by atoms with Crippen molar-refractivity contribution in [3.05, 3.63) is 40.3 Å². The van der Waals surface area contributed by atoms with E-state index in [2.05, 4.69) is 40.0 Å². The van der Waals surface area contributed by atoms with Gasteiger partial charge in [-0.3, -0.25) is 4.79 Å². The van der Waals surface area contributed by atoms with Crippen LogP contribution in [-0.2, 0) is 13.0 Å². The van der Waals surface area contributed by atoms with Gasteiger partial charge in [-0.2, -0.15) is 5.10 Å². The molecule has 3 heterocycles. The first-order valence-corrected chi connectivity index (χ1v) is 9.15. The summed E-state index contributed by atoms with van der Waals surface area (Å²) in [7, 11) is 0. The average molecular weight is 339 g/mol. The number of nitrogens with zero attached hydrogens (tertiary/aromatic N) is 4. The summed E-state index contributed by atoms with van der Waals surface area (Å²) in [4.78, 5) is 15.1. The minimum Gasteiger partial charge on any atom is -0.369 e. The maximum Gasteiger partial charge on any atom is 0.255 e. The van der Waals surface area contributed by atoms with E-state index in [1.165, 1.54) is 18.5 Å². The van der Waals surface area contributed by atoms with Crippen LogP contribution in [0.25, 0.3) is 0 Å². The summed E-state index contributed by atoms with van der Waals surface area (Å²) in [6, 6.07) is 4.68. The molecule has 0 unspecified atom stereocenters. The molecule has 2 aliphatic rings. The highest BCUT2D eigenvalue weighted by atomic mass is 16.2. The monoisotopic (exact) mass is 339 g/mol. The molecule has 2 aromatic heterocycles. The van der Waals surface area contributed by atoms with Gasteiger partial charge in [0.2, 0.25) is 0 Å². The van der Waals surface area contributed by atoms with Crippen LogP contribution >= 0.6 is 0 Å². The van der Waals surface area contributed by atoms with Crippen LogP contribution in [0.1, 0.15) is 58.8 Å². The number of aromatic nitrogens is 3. The SMILES string of the molecule is CCNc1cc2c(nn1)CCN(C(=O)c1cc(C)n(C3CC3)c1C)C2. The molecule has 0 aromatic carbocycles. The second-order valence-electron chi connectivity index (χ2n) is 7.09. The second-order valence-corrected chi connectivity index (χ2v) is 7.09. The van der Waals surface area contributed by atoms with Gasteiger partial charge in [0.1, 0.15) is 5.82 Å². The topological polar surface area (TPSA) is 63.1 Å². The zero-order valence-electron chi connectivity index (χ0n) is 15.2. The first-order valence-electron chi connectivity index (χ1n) is 9.15. The fourth-order valence-corrected chi connectivity index (χ4v) is 3.83. The molecular formula is C19H25N5O. The molecule has 1 N–H and O–H groups in total. The molecule has 132 valence electrons. The van der Waals surface area contributed by atoms with Crippen LogP contribution < -0.4 is 5.32 Å². The van der Waals surface area contributed by atoms with E-state index in [1.54, 1.807) is 0 Å². The van der Waals surface area contributed by atoms with E-state index in [1.807, 2.05) is 17.9 Å². The Labute approximate surface area is 148 Å². The summed E-state index contributed by atoms with van der Waals surface area (Å²) in [6.07, 6.45) is 3.22. The highest BCUT2D eigenvalue weighted by Crippen LogP contribution is 2.38. The Morgan fingerprint density at radius 3 is 2.80 bits per heavy atom. The lowest BCUT2D eigenvalue weighted by Crippen LogP contribution is -2.36. The lowest BCUT2D eigenvalue weighted by atomic mass is 10.1. The predicted octanol–water partition coefficient (Wildman–Crippen LogP) is 2.86. The van der Waals surface area contributed by atoms with Crippen LogP contribution in [-0.4, -0.2) is 38.7 Å². The Bertz CT molecular complexity index is 821. The fraction of sp³-hybridized carbons (Fsp3) is 0.526. The van der Waals surface area contributed by atoms with Crippen molar-refractivity contribution in [2.45, 2.75) is 52.6 Å². The summed E-state index contributed by atoms with van der Waals surface area (Å²) in [5.41, 5.74) is 5.26. The fourth-order valence-electron chi connectivity index (χ4n) is 3.83. The molecule has 1 aliphatic carbocycles. The zero-order chi connectivity index (χ0) is 17.6. The van der Waals surface area contributed by atoms with Crippen molar-refractivity contribution >= 4 is 11.7 Å². The third kappa shape index (κ3) is 2.90. The Morgan fingerprint density at radius 1 is 1.28 bits per heavy atom. The maximum absolute atomic E-state index is 13.1. The van der Waals surface area contributed by atoms with Crippen molar-refractivity contribution in [2.75, 3.05) is 18.4 Å². The number of nitrogens with one attached hydrogen (secondary N) is 1. The molecule has 0 spiro atoms. The van der Waals surface area contributed by atoms with Crippen molar-refractivity contribution < 1.29 is 4.79 Å². The highest BCUT2D eigenvalue weighted by Gasteiger charge is 2.30. The van der Waals surface area contributed by atoms with Gasteiger partial charge in [0.25, 0.3) is 5.91 Å². The van der Waals surface area contributed by atoms with E-state index in [0.29, 0.717) is 19.1 Å². The first-order chi connectivity index (χ1) is 12.1. The number of rotatable bonds is 4. The number of anilines is 1. The molecule has 1 aliphatic heterocycles. The number of hydrogen-bond acceptors (Lipinski definition) is 4. The van der Waals surface area contributed by atoms with Crippen molar-refractivity contribution in [3.63, 3.8) is 0 Å². The largest absolute Gasteiger partial charge is 0.369 e. The van der Waals surface area contributed by atoms with Gasteiger partial charge in [0.05, 0.1) is 11.3 Å². The molecule has 25 heavy (non-hydrogen) atoms. The normalized spacial score (nSPS) is 16.7. The van der Waals surface area contributed by atoms with Gasteiger partial charge >= 0.3 is 0 Å². The lowest BCUT2D eigenvalue weighted by molar-refractivity contribution is 0.0732. The quantitative estimate of drug-likeness (QED) is 0.930. The van der Waals surface area contributed by atoms with E-state index in [4.69, 9.17) is 0 Å². The van der Waals surface area contributed by atoms with Crippen LogP contribution in [0.2, 0.25) is 0 Å². The summed E-state index contributed by atoms with van der Waals surface area (Å²) in [5, 5.41) is 11.7. The molecule has 0 saturated heterocycles. The van der Waals surface area contributed by atoms with Gasteiger partial charge in [0, 0.05) is 43.5 Å². The van der Waals surface area contributed by atoms with Crippen molar-refractivity contribution in [1.82, 2.24) is 19.7 Å². The minimum absolute atomic E-state index is 0.132. The summed E-state index contributed by atoms with van der Waals surface area (Å²) in [5.74, 6) is 0.912. The summed E-state index contributed by atoms with van der Waals surface area (Å²) >= 11 is 0. The third-order valence-electron chi connectivity index (χ3n) is 5.21. The van der Waals surface area contributed by atoms with Crippen LogP contribution in [0.3, 0.4) is 0 Å². The Hall–Kier alpha value is -2.37. The number of fused-ring (bicyclic) bond motifs is 1. The minimum atomic E-state index is 0.132. The summed E-state index contributed by atoms with van der Waals surface area (Å²) in [6.45, 7) is 8.33. The molecule has 6 heteroatoms. The molecule has 4 rings (SSSR count). The van der Waals surface area contributed by atoms with Gasteiger partial charge < -0.3 is 14.8 Å². The molecule has 0 atom stereocenters. The zero-order valence-corrected chi connectivity index (χ0v) is 15.2. The van der Waals surface area contributed by atoms with Crippen LogP contribution in [0.4, 0.5) is 5.82 Å². The number of aryl methyl sites for hydroxylation is 1. The number of amides is 1. The van der Waals surface area contributed by atoms with E-state index >= 15 is 0 Å². The standard InChI is InChI=1S/C19H25N5O/c1-4-20-18-10-14-11-23(8-7-17(14)21-22-18)19(25)16-9-12(2)24(13(16)3)15-5-6-15/h9-10,15H,4-8,11H2,1-3H3,(H,20,22). The average Bonchev–Trinajstić information content (AvgIpc) is 3.39. The number of carbonyl (C=O) groups is 1. The molecule has 0 bridgehead atoms. The Morgan fingerprint density at radius 2 is 2.08 bits per heavy atom. The van der Waals surface area contributed by atoms with Crippen molar-refractivity contribution in [3.8, 4) is 0 Å². The Balaban J connectivity index is 1.58. The number of hydrogen-bond donors (Lipinski definition) is 1. The maximum atomic E-state index is 13.1. The van der Waals surface area contributed by atoms with E-state index in [-0.39, 0.29) is 5.91 Å². The van der Waals surface area contributed by atoms with Crippen molar-refractivity contribution in [2.24, 2.45) is 0 Å². The molecule has 0 radical (unpaired) electrons. The highest BCUT2D eigenvalue weighted by molar-refractivity contribution is 5.96. The lowest BCUT2D eigenvalue weighted by Gasteiger charge is -2.28. The van der Waals surface area contributed by atoms with E-state index in [0.717, 1.165) is 41.3 Å². The molecular weight excluding hydrogens is 314 g/mol. The molecule has 2 aromatic rings.